The molecule has 0 atom stereocenters. The second kappa shape index (κ2) is 10.9. The summed E-state index contributed by atoms with van der Waals surface area (Å²) in [6.07, 6.45) is 0. The molecule has 0 saturated carbocycles. The lowest BCUT2D eigenvalue weighted by Gasteiger charge is -2.25. The van der Waals surface area contributed by atoms with Gasteiger partial charge in [-0.05, 0) is 61.4 Å². The highest BCUT2D eigenvalue weighted by Gasteiger charge is 2.31. The molecule has 0 heterocycles. The number of halogens is 1. The Balaban J connectivity index is 2.04. The van der Waals surface area contributed by atoms with Crippen LogP contribution in [0.2, 0.25) is 5.02 Å². The van der Waals surface area contributed by atoms with Crippen molar-refractivity contribution in [2.45, 2.75) is 18.7 Å². The summed E-state index contributed by atoms with van der Waals surface area (Å²) in [7, 11) is 0.137. The SMILES string of the molecule is COc1ccc(NC(=O)CN(c2ccc(C)c(Cl)c2)S(=O)(=O)c2cc(C)ccc2OC)c(OC)c1. The van der Waals surface area contributed by atoms with Gasteiger partial charge < -0.3 is 19.5 Å². The molecular weight excluding hydrogens is 492 g/mol. The second-order valence-corrected chi connectivity index (χ2v) is 9.95. The summed E-state index contributed by atoms with van der Waals surface area (Å²) in [6.45, 7) is 3.05. The molecule has 35 heavy (non-hydrogen) atoms. The maximum Gasteiger partial charge on any atom is 0.268 e. The minimum atomic E-state index is -4.23. The fraction of sp³-hybridized carbons (Fsp3) is 0.240. The molecule has 10 heteroatoms. The smallest absolute Gasteiger partial charge is 0.268 e. The number of anilines is 2. The van der Waals surface area contributed by atoms with Gasteiger partial charge in [-0.3, -0.25) is 9.10 Å². The molecule has 1 amide bonds. The Labute approximate surface area is 210 Å². The van der Waals surface area contributed by atoms with Crippen molar-refractivity contribution in [3.05, 3.63) is 70.7 Å². The molecule has 0 aliphatic carbocycles. The van der Waals surface area contributed by atoms with E-state index in [1.807, 2.05) is 0 Å². The molecular formula is C25H27ClN2O6S. The first kappa shape index (κ1) is 26.2. The van der Waals surface area contributed by atoms with Crippen molar-refractivity contribution in [2.75, 3.05) is 37.5 Å². The predicted octanol–water partition coefficient (Wildman–Crippen LogP) is 4.82. The highest BCUT2D eigenvalue weighted by Crippen LogP contribution is 2.33. The van der Waals surface area contributed by atoms with Gasteiger partial charge in [0, 0.05) is 11.1 Å². The fourth-order valence-electron chi connectivity index (χ4n) is 3.38. The fourth-order valence-corrected chi connectivity index (χ4v) is 5.21. The number of ether oxygens (including phenoxy) is 3. The van der Waals surface area contributed by atoms with Crippen LogP contribution in [0.4, 0.5) is 11.4 Å². The number of nitrogens with zero attached hydrogens (tertiary/aromatic N) is 1. The number of sulfonamides is 1. The van der Waals surface area contributed by atoms with Crippen LogP contribution in [0.3, 0.4) is 0 Å². The molecule has 0 aliphatic rings. The molecule has 0 fully saturated rings. The normalized spacial score (nSPS) is 11.0. The van der Waals surface area contributed by atoms with Crippen molar-refractivity contribution in [1.82, 2.24) is 0 Å². The van der Waals surface area contributed by atoms with Crippen LogP contribution >= 0.6 is 11.6 Å². The van der Waals surface area contributed by atoms with Gasteiger partial charge in [0.15, 0.2) is 0 Å². The first-order chi connectivity index (χ1) is 16.6. The quantitative estimate of drug-likeness (QED) is 0.436. The van der Waals surface area contributed by atoms with Gasteiger partial charge >= 0.3 is 0 Å². The number of hydrogen-bond donors (Lipinski definition) is 1. The van der Waals surface area contributed by atoms with Crippen molar-refractivity contribution in [2.24, 2.45) is 0 Å². The zero-order chi connectivity index (χ0) is 25.8. The summed E-state index contributed by atoms with van der Waals surface area (Å²) in [5, 5.41) is 3.08. The van der Waals surface area contributed by atoms with Crippen LogP contribution in [0.1, 0.15) is 11.1 Å². The predicted molar refractivity (Wildman–Crippen MR) is 137 cm³/mol. The zero-order valence-electron chi connectivity index (χ0n) is 20.1. The Bertz CT molecular complexity index is 1340. The van der Waals surface area contributed by atoms with E-state index in [0.29, 0.717) is 22.2 Å². The summed E-state index contributed by atoms with van der Waals surface area (Å²) < 4.78 is 44.5. The van der Waals surface area contributed by atoms with Crippen LogP contribution in [0.15, 0.2) is 59.5 Å². The molecule has 0 aliphatic heterocycles. The summed E-state index contributed by atoms with van der Waals surface area (Å²) in [5.74, 6) is 0.493. The number of carbonyl (C=O) groups excluding carboxylic acids is 1. The topological polar surface area (TPSA) is 94.2 Å². The molecule has 3 rings (SSSR count). The van der Waals surface area contributed by atoms with E-state index >= 15 is 0 Å². The Morgan fingerprint density at radius 3 is 2.26 bits per heavy atom. The lowest BCUT2D eigenvalue weighted by atomic mass is 10.2. The van der Waals surface area contributed by atoms with Crippen molar-refractivity contribution in [3.8, 4) is 17.2 Å². The molecule has 0 spiro atoms. The van der Waals surface area contributed by atoms with Crippen LogP contribution < -0.4 is 23.8 Å². The van der Waals surface area contributed by atoms with Gasteiger partial charge in [-0.15, -0.1) is 0 Å². The molecule has 0 saturated heterocycles. The number of methoxy groups -OCH3 is 3. The van der Waals surface area contributed by atoms with E-state index in [0.717, 1.165) is 15.4 Å². The van der Waals surface area contributed by atoms with Crippen LogP contribution in [0.5, 0.6) is 17.2 Å². The summed E-state index contributed by atoms with van der Waals surface area (Å²) in [5.41, 5.74) is 2.10. The largest absolute Gasteiger partial charge is 0.497 e. The Morgan fingerprint density at radius 2 is 1.63 bits per heavy atom. The zero-order valence-corrected chi connectivity index (χ0v) is 21.7. The third-order valence-corrected chi connectivity index (χ3v) is 7.50. The molecule has 0 aromatic heterocycles. The van der Waals surface area contributed by atoms with Crippen molar-refractivity contribution in [3.63, 3.8) is 0 Å². The molecule has 186 valence electrons. The summed E-state index contributed by atoms with van der Waals surface area (Å²) in [4.78, 5) is 13.0. The monoisotopic (exact) mass is 518 g/mol. The minimum Gasteiger partial charge on any atom is -0.497 e. The second-order valence-electron chi connectivity index (χ2n) is 7.71. The van der Waals surface area contributed by atoms with Gasteiger partial charge in [0.05, 0.1) is 32.7 Å². The van der Waals surface area contributed by atoms with E-state index in [1.165, 1.54) is 33.5 Å². The van der Waals surface area contributed by atoms with E-state index in [2.05, 4.69) is 5.32 Å². The summed E-state index contributed by atoms with van der Waals surface area (Å²) in [6, 6.07) is 14.5. The molecule has 3 aromatic rings. The minimum absolute atomic E-state index is 0.0634. The summed E-state index contributed by atoms with van der Waals surface area (Å²) >= 11 is 6.30. The number of aryl methyl sites for hydroxylation is 2. The van der Waals surface area contributed by atoms with Crippen LogP contribution in [0, 0.1) is 13.8 Å². The van der Waals surface area contributed by atoms with Gasteiger partial charge in [-0.2, -0.15) is 0 Å². The van der Waals surface area contributed by atoms with Gasteiger partial charge in [0.1, 0.15) is 28.7 Å². The van der Waals surface area contributed by atoms with Crippen molar-refractivity contribution < 1.29 is 27.4 Å². The third-order valence-electron chi connectivity index (χ3n) is 5.30. The van der Waals surface area contributed by atoms with E-state index in [4.69, 9.17) is 25.8 Å². The van der Waals surface area contributed by atoms with Crippen LogP contribution in [-0.2, 0) is 14.8 Å². The number of amides is 1. The van der Waals surface area contributed by atoms with E-state index in [1.54, 1.807) is 56.3 Å². The van der Waals surface area contributed by atoms with Gasteiger partial charge in [0.25, 0.3) is 10.0 Å². The van der Waals surface area contributed by atoms with Gasteiger partial charge in [-0.25, -0.2) is 8.42 Å². The Morgan fingerprint density at radius 1 is 0.914 bits per heavy atom. The average molecular weight is 519 g/mol. The maximum atomic E-state index is 13.8. The lowest BCUT2D eigenvalue weighted by molar-refractivity contribution is -0.114. The first-order valence-corrected chi connectivity index (χ1v) is 12.4. The Kier molecular flexibility index (Phi) is 8.14. The molecule has 0 bridgehead atoms. The molecule has 0 radical (unpaired) electrons. The number of nitrogens with one attached hydrogen (secondary N) is 1. The highest BCUT2D eigenvalue weighted by molar-refractivity contribution is 7.93. The number of benzene rings is 3. The van der Waals surface area contributed by atoms with Crippen LogP contribution in [0.25, 0.3) is 0 Å². The molecule has 3 aromatic carbocycles. The van der Waals surface area contributed by atoms with Gasteiger partial charge in [0.2, 0.25) is 5.91 Å². The number of carbonyl (C=O) groups is 1. The van der Waals surface area contributed by atoms with Crippen molar-refractivity contribution in [1.29, 1.82) is 0 Å². The van der Waals surface area contributed by atoms with Crippen molar-refractivity contribution >= 4 is 38.9 Å². The number of hydrogen-bond acceptors (Lipinski definition) is 6. The lowest BCUT2D eigenvalue weighted by Crippen LogP contribution is -2.38. The van der Waals surface area contributed by atoms with E-state index in [-0.39, 0.29) is 16.3 Å². The maximum absolute atomic E-state index is 13.8. The van der Waals surface area contributed by atoms with Gasteiger partial charge in [-0.1, -0.05) is 23.7 Å². The van der Waals surface area contributed by atoms with Crippen LogP contribution in [-0.4, -0.2) is 42.2 Å². The first-order valence-electron chi connectivity index (χ1n) is 10.6. The third kappa shape index (κ3) is 5.80. The van der Waals surface area contributed by atoms with E-state index < -0.39 is 22.5 Å². The standard InChI is InChI=1S/C25H27ClN2O6S/c1-16-6-11-22(33-4)24(12-16)35(30,31)28(18-8-7-17(2)20(26)13-18)15-25(29)27-21-10-9-19(32-3)14-23(21)34-5/h6-14H,15H2,1-5H3,(H,27,29). The average Bonchev–Trinajstić information content (AvgIpc) is 2.84. The highest BCUT2D eigenvalue weighted by atomic mass is 35.5. The molecule has 0 unspecified atom stereocenters. The molecule has 8 nitrogen and oxygen atoms in total. The molecule has 1 N–H and O–H groups in total. The number of rotatable bonds is 9. The Hall–Kier alpha value is -3.43. The van der Waals surface area contributed by atoms with E-state index in [9.17, 15) is 13.2 Å².